The summed E-state index contributed by atoms with van der Waals surface area (Å²) in [6.45, 7) is 6.81. The molecule has 1 aliphatic rings. The average molecular weight is 424 g/mol. The van der Waals surface area contributed by atoms with E-state index in [-0.39, 0.29) is 24.2 Å². The van der Waals surface area contributed by atoms with Gasteiger partial charge in [0, 0.05) is 23.5 Å². The number of halogens is 1. The summed E-state index contributed by atoms with van der Waals surface area (Å²) in [5.74, 6) is -0.216. The lowest BCUT2D eigenvalue weighted by atomic mass is 9.74. The molecule has 1 fully saturated rings. The third kappa shape index (κ3) is 5.19. The molecule has 0 spiro atoms. The van der Waals surface area contributed by atoms with Crippen LogP contribution in [0.5, 0.6) is 0 Å². The van der Waals surface area contributed by atoms with Crippen LogP contribution in [0.15, 0.2) is 16.3 Å². The first-order chi connectivity index (χ1) is 11.7. The molecular formula is C17H30ClN3O3S2. The molecule has 6 nitrogen and oxygen atoms in total. The Labute approximate surface area is 167 Å². The Morgan fingerprint density at radius 1 is 1.35 bits per heavy atom. The molecule has 0 aliphatic heterocycles. The number of carbonyl (C=O) groups excluding carboxylic acids is 1. The van der Waals surface area contributed by atoms with Crippen LogP contribution in [0.2, 0.25) is 0 Å². The van der Waals surface area contributed by atoms with Gasteiger partial charge in [-0.25, -0.2) is 8.42 Å². The van der Waals surface area contributed by atoms with Crippen molar-refractivity contribution in [2.24, 2.45) is 11.7 Å². The van der Waals surface area contributed by atoms with Crippen LogP contribution in [0.1, 0.15) is 51.3 Å². The molecule has 2 rings (SSSR count). The number of nitrogens with one attached hydrogen (secondary N) is 1. The summed E-state index contributed by atoms with van der Waals surface area (Å²) in [6.07, 6.45) is 3.76. The number of nitrogens with two attached hydrogens (primary N) is 1. The highest BCUT2D eigenvalue weighted by molar-refractivity contribution is 7.91. The van der Waals surface area contributed by atoms with Gasteiger partial charge in [-0.3, -0.25) is 4.79 Å². The number of hydrogen-bond donors (Lipinski definition) is 2. The van der Waals surface area contributed by atoms with Crippen molar-refractivity contribution in [3.8, 4) is 0 Å². The minimum Gasteiger partial charge on any atom is -0.351 e. The van der Waals surface area contributed by atoms with E-state index in [1.165, 1.54) is 15.6 Å². The van der Waals surface area contributed by atoms with E-state index in [9.17, 15) is 13.2 Å². The fraction of sp³-hybridized carbons (Fsp3) is 0.706. The molecule has 0 radical (unpaired) electrons. The highest BCUT2D eigenvalue weighted by Crippen LogP contribution is 2.32. The van der Waals surface area contributed by atoms with E-state index < -0.39 is 15.6 Å². The van der Waals surface area contributed by atoms with Gasteiger partial charge >= 0.3 is 0 Å². The Morgan fingerprint density at radius 2 is 2.00 bits per heavy atom. The molecular weight excluding hydrogens is 394 g/mol. The maximum absolute atomic E-state index is 12.5. The van der Waals surface area contributed by atoms with Gasteiger partial charge < -0.3 is 11.1 Å². The zero-order chi connectivity index (χ0) is 18.7. The SMILES string of the molecule is CCN(CC)S(=O)(=O)c1ccc(CNC(=O)C2CCCCC2(C)N)s1.Cl. The first-order valence-electron chi connectivity index (χ1n) is 8.87. The van der Waals surface area contributed by atoms with Gasteiger partial charge in [0.15, 0.2) is 0 Å². The number of sulfonamides is 1. The quantitative estimate of drug-likeness (QED) is 0.705. The summed E-state index contributed by atoms with van der Waals surface area (Å²) in [5.41, 5.74) is 5.81. The zero-order valence-electron chi connectivity index (χ0n) is 15.7. The molecule has 150 valence electrons. The summed E-state index contributed by atoms with van der Waals surface area (Å²) in [6, 6.07) is 3.39. The molecule has 26 heavy (non-hydrogen) atoms. The fourth-order valence-electron chi connectivity index (χ4n) is 3.37. The normalized spacial score (nSPS) is 23.5. The molecule has 1 heterocycles. The van der Waals surface area contributed by atoms with Crippen LogP contribution in [0.25, 0.3) is 0 Å². The van der Waals surface area contributed by atoms with Crippen molar-refractivity contribution in [2.75, 3.05) is 13.1 Å². The summed E-state index contributed by atoms with van der Waals surface area (Å²) in [5, 5.41) is 2.93. The maximum atomic E-state index is 12.5. The largest absolute Gasteiger partial charge is 0.351 e. The minimum atomic E-state index is -3.44. The van der Waals surface area contributed by atoms with Gasteiger partial charge in [0.25, 0.3) is 10.0 Å². The smallest absolute Gasteiger partial charge is 0.252 e. The second kappa shape index (κ2) is 9.50. The van der Waals surface area contributed by atoms with E-state index in [1.807, 2.05) is 20.8 Å². The third-order valence-electron chi connectivity index (χ3n) is 4.94. The molecule has 1 amide bonds. The molecule has 3 N–H and O–H groups in total. The van der Waals surface area contributed by atoms with Gasteiger partial charge in [-0.15, -0.1) is 23.7 Å². The predicted octanol–water partition coefficient (Wildman–Crippen LogP) is 2.72. The zero-order valence-corrected chi connectivity index (χ0v) is 18.1. The molecule has 2 unspecified atom stereocenters. The van der Waals surface area contributed by atoms with Crippen molar-refractivity contribution < 1.29 is 13.2 Å². The molecule has 0 aromatic carbocycles. The highest BCUT2D eigenvalue weighted by atomic mass is 35.5. The number of nitrogens with zero attached hydrogens (tertiary/aromatic N) is 1. The lowest BCUT2D eigenvalue weighted by Crippen LogP contribution is -2.52. The van der Waals surface area contributed by atoms with Gasteiger partial charge in [-0.2, -0.15) is 4.31 Å². The van der Waals surface area contributed by atoms with Crippen LogP contribution in [0.4, 0.5) is 0 Å². The van der Waals surface area contributed by atoms with Crippen LogP contribution in [0, 0.1) is 5.92 Å². The molecule has 1 aromatic heterocycles. The van der Waals surface area contributed by atoms with E-state index in [4.69, 9.17) is 5.73 Å². The fourth-order valence-corrected chi connectivity index (χ4v) is 6.28. The van der Waals surface area contributed by atoms with Crippen LogP contribution >= 0.6 is 23.7 Å². The Kier molecular flexibility index (Phi) is 8.54. The molecule has 1 aromatic rings. The molecule has 0 saturated heterocycles. The second-order valence-electron chi connectivity index (χ2n) is 6.83. The molecule has 9 heteroatoms. The summed E-state index contributed by atoms with van der Waals surface area (Å²) < 4.78 is 26.8. The molecule has 2 atom stereocenters. The van der Waals surface area contributed by atoms with Crippen molar-refractivity contribution in [3.63, 3.8) is 0 Å². The predicted molar refractivity (Wildman–Crippen MR) is 108 cm³/mol. The van der Waals surface area contributed by atoms with Gasteiger partial charge in [0.05, 0.1) is 12.5 Å². The molecule has 1 aliphatic carbocycles. The lowest BCUT2D eigenvalue weighted by Gasteiger charge is -2.37. The number of thiophene rings is 1. The standard InChI is InChI=1S/C17H29N3O3S2.ClH/c1-4-20(5-2)25(22,23)15-10-9-13(24-15)12-19-16(21)14-8-6-7-11-17(14,3)18;/h9-10,14H,4-8,11-12,18H2,1-3H3,(H,19,21);1H. The molecule has 0 bridgehead atoms. The second-order valence-corrected chi connectivity index (χ2v) is 10.2. The van der Waals surface area contributed by atoms with E-state index >= 15 is 0 Å². The summed E-state index contributed by atoms with van der Waals surface area (Å²) >= 11 is 1.21. The maximum Gasteiger partial charge on any atom is 0.252 e. The number of rotatable bonds is 7. The van der Waals surface area contributed by atoms with Crippen molar-refractivity contribution in [2.45, 2.75) is 62.7 Å². The van der Waals surface area contributed by atoms with Crippen molar-refractivity contribution in [3.05, 3.63) is 17.0 Å². The van der Waals surface area contributed by atoms with Crippen LogP contribution < -0.4 is 11.1 Å². The highest BCUT2D eigenvalue weighted by Gasteiger charge is 2.37. The summed E-state index contributed by atoms with van der Waals surface area (Å²) in [7, 11) is -3.44. The van der Waals surface area contributed by atoms with Crippen molar-refractivity contribution in [1.82, 2.24) is 9.62 Å². The number of amides is 1. The lowest BCUT2D eigenvalue weighted by molar-refractivity contribution is -0.128. The first kappa shape index (κ1) is 23.4. The van der Waals surface area contributed by atoms with Crippen LogP contribution in [-0.4, -0.2) is 37.3 Å². The van der Waals surface area contributed by atoms with Gasteiger partial charge in [0.2, 0.25) is 5.91 Å². The molecule has 1 saturated carbocycles. The number of carbonyl (C=O) groups is 1. The Bertz CT molecular complexity index is 700. The van der Waals surface area contributed by atoms with E-state index in [1.54, 1.807) is 12.1 Å². The van der Waals surface area contributed by atoms with Crippen molar-refractivity contribution in [1.29, 1.82) is 0 Å². The van der Waals surface area contributed by atoms with E-state index in [0.717, 1.165) is 30.6 Å². The van der Waals surface area contributed by atoms with Crippen LogP contribution in [0.3, 0.4) is 0 Å². The summed E-state index contributed by atoms with van der Waals surface area (Å²) in [4.78, 5) is 13.3. The first-order valence-corrected chi connectivity index (χ1v) is 11.1. The third-order valence-corrected chi connectivity index (χ3v) is 8.55. The van der Waals surface area contributed by atoms with Crippen LogP contribution in [-0.2, 0) is 21.4 Å². The Morgan fingerprint density at radius 3 is 2.58 bits per heavy atom. The monoisotopic (exact) mass is 423 g/mol. The van der Waals surface area contributed by atoms with Gasteiger partial charge in [-0.05, 0) is 31.9 Å². The average Bonchev–Trinajstić information content (AvgIpc) is 3.03. The minimum absolute atomic E-state index is 0. The van der Waals surface area contributed by atoms with Gasteiger partial charge in [0.1, 0.15) is 4.21 Å². The van der Waals surface area contributed by atoms with E-state index in [2.05, 4.69) is 5.32 Å². The number of hydrogen-bond acceptors (Lipinski definition) is 5. The van der Waals surface area contributed by atoms with Crippen molar-refractivity contribution >= 4 is 39.7 Å². The Balaban J connectivity index is 0.00000338. The van der Waals surface area contributed by atoms with Gasteiger partial charge in [-0.1, -0.05) is 26.7 Å². The topological polar surface area (TPSA) is 92.5 Å². The van der Waals surface area contributed by atoms with E-state index in [0.29, 0.717) is 23.8 Å². The Hall–Kier alpha value is -0.670.